The van der Waals surface area contributed by atoms with Crippen LogP contribution in [0.3, 0.4) is 0 Å². The zero-order chi connectivity index (χ0) is 45.0. The second-order valence-corrected chi connectivity index (χ2v) is 56.6. The first-order valence-corrected chi connectivity index (χ1v) is 44.0. The molecule has 0 fully saturated rings. The maximum atomic E-state index is 8.42. The zero-order valence-electron chi connectivity index (χ0n) is 44.3. The SMILES string of the molecule is CCC[P+](C)(C)C.CCC[P+](C)(C)C.CCC[P+](C)(C)C.CCC[P+](C)(C)C.CCC[P+](C)(C)C.CCC[P+](C)(C)C.CCC[P+](C)(C)C.[F-].[F-].[F-].[F-].[O-]B([O-])[O-]. The maximum Gasteiger partial charge on any atom is 0.0583 e. The van der Waals surface area contributed by atoms with E-state index in [9.17, 15) is 0 Å². The minimum absolute atomic E-state index is 0. The van der Waals surface area contributed by atoms with E-state index in [0.29, 0.717) is 0 Å². The lowest BCUT2D eigenvalue weighted by atomic mass is 10.3. The number of hydrogen-bond donors (Lipinski definition) is 0. The molecule has 364 valence electrons. The van der Waals surface area contributed by atoms with E-state index in [1.54, 1.807) is 0 Å². The van der Waals surface area contributed by atoms with Crippen LogP contribution in [0.5, 0.6) is 0 Å². The Bertz CT molecular complexity index is 539. The number of hydrogen-bond acceptors (Lipinski definition) is 3. The van der Waals surface area contributed by atoms with Crippen molar-refractivity contribution >= 4 is 58.2 Å². The van der Waals surface area contributed by atoms with Gasteiger partial charge in [0.05, 0.1) is 43.1 Å². The minimum atomic E-state index is -2.92. The molecule has 0 atom stereocenters. The van der Waals surface area contributed by atoms with Crippen LogP contribution in [-0.2, 0) is 0 Å². The monoisotopic (exact) mass is 969 g/mol. The van der Waals surface area contributed by atoms with Crippen molar-refractivity contribution in [1.82, 2.24) is 0 Å². The van der Waals surface area contributed by atoms with Crippen molar-refractivity contribution in [3.8, 4) is 0 Å². The van der Waals surface area contributed by atoms with Crippen LogP contribution < -0.4 is 33.9 Å². The Morgan fingerprint density at radius 2 is 0.281 bits per heavy atom. The van der Waals surface area contributed by atoms with Crippen molar-refractivity contribution in [2.24, 2.45) is 0 Å². The van der Waals surface area contributed by atoms with Gasteiger partial charge in [0.15, 0.2) is 0 Å². The predicted octanol–water partition coefficient (Wildman–Crippen LogP) is 0.192. The molecule has 0 aromatic carbocycles. The summed E-state index contributed by atoms with van der Waals surface area (Å²) < 4.78 is 0. The molecular formula is C42H112BF4O3P7. The fourth-order valence-corrected chi connectivity index (χ4v) is 14.1. The van der Waals surface area contributed by atoms with Crippen LogP contribution in [0.4, 0.5) is 0 Å². The van der Waals surface area contributed by atoms with Gasteiger partial charge in [-0.2, -0.15) is 0 Å². The third kappa shape index (κ3) is 200. The molecule has 0 saturated carbocycles. The second-order valence-electron chi connectivity index (χ2n) is 21.4. The highest BCUT2D eigenvalue weighted by molar-refractivity contribution is 7.75. The van der Waals surface area contributed by atoms with E-state index < -0.39 is 58.2 Å². The molecule has 0 heterocycles. The molecule has 3 nitrogen and oxygen atoms in total. The average molecular weight is 969 g/mol. The summed E-state index contributed by atoms with van der Waals surface area (Å²) in [6.45, 7) is 65.9. The lowest BCUT2D eigenvalue weighted by Crippen LogP contribution is -3.00. The highest BCUT2D eigenvalue weighted by Gasteiger charge is 2.16. The van der Waals surface area contributed by atoms with Crippen LogP contribution in [0.2, 0.25) is 0 Å². The van der Waals surface area contributed by atoms with Gasteiger partial charge in [0.25, 0.3) is 0 Å². The van der Waals surface area contributed by atoms with E-state index in [0.717, 1.165) is 0 Å². The summed E-state index contributed by atoms with van der Waals surface area (Å²) in [5.41, 5.74) is 0. The topological polar surface area (TPSA) is 69.2 Å². The van der Waals surface area contributed by atoms with Gasteiger partial charge in [-0.25, -0.2) is 0 Å². The average Bonchev–Trinajstić information content (AvgIpc) is 2.81. The van der Waals surface area contributed by atoms with Gasteiger partial charge < -0.3 is 33.9 Å². The Kier molecular flexibility index (Phi) is 81.4. The Morgan fingerprint density at radius 1 is 0.228 bits per heavy atom. The molecule has 0 aliphatic heterocycles. The minimum Gasteiger partial charge on any atom is -1.00 e. The quantitative estimate of drug-likeness (QED) is 0.142. The third-order valence-corrected chi connectivity index (χ3v) is 18.8. The Labute approximate surface area is 367 Å². The molecule has 0 aliphatic carbocycles. The van der Waals surface area contributed by atoms with Crippen molar-refractivity contribution in [2.45, 2.75) is 93.4 Å². The molecule has 0 aromatic heterocycles. The molecule has 0 N–H and O–H groups in total. The normalized spacial score (nSPS) is 10.8. The molecule has 0 saturated heterocycles. The smallest absolute Gasteiger partial charge is 0.0583 e. The van der Waals surface area contributed by atoms with Crippen LogP contribution >= 0.6 is 50.8 Å². The zero-order valence-corrected chi connectivity index (χ0v) is 50.6. The van der Waals surface area contributed by atoms with E-state index in [4.69, 9.17) is 15.1 Å². The summed E-state index contributed by atoms with van der Waals surface area (Å²) >= 11 is 0. The molecule has 0 spiro atoms. The Morgan fingerprint density at radius 3 is 0.281 bits per heavy atom. The summed E-state index contributed by atoms with van der Waals surface area (Å²) in [5, 5.41) is 25.2. The van der Waals surface area contributed by atoms with Gasteiger partial charge in [0.1, 0.15) is 0 Å². The van der Waals surface area contributed by atoms with Crippen LogP contribution in [0.25, 0.3) is 0 Å². The standard InChI is InChI=1S/7C6H16P.BO3.4FH/c7*1-5-6-7(2,3)4;2-1(3)4;;;;/h7*5-6H2,1-4H3;;4*1H/q7*+1;-3;;;;/p-4. The third-order valence-electron chi connectivity index (χ3n) is 6.26. The van der Waals surface area contributed by atoms with Crippen molar-refractivity contribution in [2.75, 3.05) is 183 Å². The highest BCUT2D eigenvalue weighted by Crippen LogP contribution is 2.49. The van der Waals surface area contributed by atoms with Gasteiger partial charge in [-0.15, -0.1) is 0 Å². The first-order chi connectivity index (χ1) is 23.2. The van der Waals surface area contributed by atoms with Crippen molar-refractivity contribution in [3.05, 3.63) is 0 Å². The lowest BCUT2D eigenvalue weighted by Gasteiger charge is -2.35. The van der Waals surface area contributed by atoms with Gasteiger partial charge in [-0.1, -0.05) is 48.5 Å². The summed E-state index contributed by atoms with van der Waals surface area (Å²) in [4.78, 5) is 0. The molecule has 0 radical (unpaired) electrons. The molecule has 0 rings (SSSR count). The first kappa shape index (κ1) is 90.4. The van der Waals surface area contributed by atoms with Gasteiger partial charge in [-0.05, 0) is 44.9 Å². The molecular weight excluding hydrogens is 856 g/mol. The van der Waals surface area contributed by atoms with Crippen molar-refractivity contribution in [1.29, 1.82) is 0 Å². The van der Waals surface area contributed by atoms with Gasteiger partial charge >= 0.3 is 0 Å². The van der Waals surface area contributed by atoms with E-state index in [1.165, 1.54) is 88.1 Å². The van der Waals surface area contributed by atoms with Crippen molar-refractivity contribution in [3.63, 3.8) is 0 Å². The molecule has 57 heavy (non-hydrogen) atoms. The van der Waals surface area contributed by atoms with E-state index in [2.05, 4.69) is 188 Å². The molecule has 0 unspecified atom stereocenters. The predicted molar refractivity (Wildman–Crippen MR) is 285 cm³/mol. The second kappa shape index (κ2) is 51.3. The summed E-state index contributed by atoms with van der Waals surface area (Å²) in [5.74, 6) is 0. The van der Waals surface area contributed by atoms with Gasteiger partial charge in [0, 0.05) is 191 Å². The lowest BCUT2D eigenvalue weighted by molar-refractivity contribution is -0.479. The van der Waals surface area contributed by atoms with Gasteiger partial charge in [-0.3, -0.25) is 7.32 Å². The fraction of sp³-hybridized carbons (Fsp3) is 1.00. The first-order valence-electron chi connectivity index (χ1n) is 20.8. The Hall–Kier alpha value is 2.67. The molecule has 0 amide bonds. The summed E-state index contributed by atoms with van der Waals surface area (Å²) in [6, 6.07) is 0. The Balaban J connectivity index is -0.0000000403. The van der Waals surface area contributed by atoms with E-state index in [-0.39, 0.29) is 18.8 Å². The van der Waals surface area contributed by atoms with E-state index in [1.807, 2.05) is 0 Å². The molecule has 15 heteroatoms. The number of rotatable bonds is 14. The molecule has 0 aromatic rings. The summed E-state index contributed by atoms with van der Waals surface area (Å²) in [6.07, 6.45) is 19.7. The molecule has 0 bridgehead atoms. The molecule has 0 aliphatic rings. The largest absolute Gasteiger partial charge is 1.00 e. The summed E-state index contributed by atoms with van der Waals surface area (Å²) in [7, 11) is -5.83. The van der Waals surface area contributed by atoms with Crippen LogP contribution in [0.15, 0.2) is 0 Å². The van der Waals surface area contributed by atoms with Gasteiger partial charge in [0.2, 0.25) is 0 Å². The fourth-order valence-electron chi connectivity index (χ4n) is 4.70. The highest BCUT2D eigenvalue weighted by atomic mass is 31.2. The maximum absolute atomic E-state index is 8.42. The van der Waals surface area contributed by atoms with Crippen molar-refractivity contribution < 1.29 is 33.9 Å². The van der Waals surface area contributed by atoms with Crippen LogP contribution in [-0.4, -0.2) is 190 Å². The number of halogens is 4. The van der Waals surface area contributed by atoms with Crippen LogP contribution in [0, 0.1) is 0 Å². The van der Waals surface area contributed by atoms with E-state index >= 15 is 0 Å². The van der Waals surface area contributed by atoms with Crippen LogP contribution in [0.1, 0.15) is 93.4 Å².